The Kier molecular flexibility index (Phi) is 6.08. The molecule has 1 saturated heterocycles. The van der Waals surface area contributed by atoms with Crippen LogP contribution in [0.15, 0.2) is 18.2 Å². The van der Waals surface area contributed by atoms with Gasteiger partial charge in [-0.05, 0) is 44.7 Å². The van der Waals surface area contributed by atoms with Crippen LogP contribution in [0.2, 0.25) is 0 Å². The van der Waals surface area contributed by atoms with Crippen molar-refractivity contribution in [2.45, 2.75) is 44.2 Å². The number of hydrogen-bond acceptors (Lipinski definition) is 3. The minimum absolute atomic E-state index is 0.221. The van der Waals surface area contributed by atoms with Crippen LogP contribution in [-0.4, -0.2) is 35.7 Å². The Labute approximate surface area is 124 Å². The first-order valence-electron chi connectivity index (χ1n) is 7.68. The van der Waals surface area contributed by atoms with E-state index in [1.54, 1.807) is 6.07 Å². The first-order valence-corrected chi connectivity index (χ1v) is 7.68. The number of rotatable bonds is 7. The van der Waals surface area contributed by atoms with Gasteiger partial charge in [0.2, 0.25) is 0 Å². The Morgan fingerprint density at radius 1 is 1.38 bits per heavy atom. The van der Waals surface area contributed by atoms with E-state index in [0.29, 0.717) is 12.5 Å². The smallest absolute Gasteiger partial charge is 0.163 e. The first kappa shape index (κ1) is 16.3. The van der Waals surface area contributed by atoms with E-state index < -0.39 is 17.7 Å². The number of hydrogen-bond donors (Lipinski definition) is 2. The van der Waals surface area contributed by atoms with Gasteiger partial charge in [0.25, 0.3) is 0 Å². The van der Waals surface area contributed by atoms with Crippen LogP contribution in [0.3, 0.4) is 0 Å². The molecule has 2 rings (SSSR count). The second kappa shape index (κ2) is 7.82. The predicted octanol–water partition coefficient (Wildman–Crippen LogP) is 2.59. The molecule has 0 aliphatic carbocycles. The zero-order chi connectivity index (χ0) is 15.2. The van der Waals surface area contributed by atoms with Gasteiger partial charge in [-0.15, -0.1) is 0 Å². The van der Waals surface area contributed by atoms with Gasteiger partial charge in [-0.3, -0.25) is 0 Å². The molecule has 0 amide bonds. The zero-order valence-electron chi connectivity index (χ0n) is 12.3. The molecule has 1 aliphatic heterocycles. The van der Waals surface area contributed by atoms with Gasteiger partial charge in [0.15, 0.2) is 11.6 Å². The van der Waals surface area contributed by atoms with E-state index in [1.807, 2.05) is 0 Å². The quantitative estimate of drug-likeness (QED) is 0.813. The molecule has 1 heterocycles. The van der Waals surface area contributed by atoms with E-state index in [0.717, 1.165) is 44.8 Å². The zero-order valence-corrected chi connectivity index (χ0v) is 12.3. The van der Waals surface area contributed by atoms with Crippen molar-refractivity contribution in [2.24, 2.45) is 5.73 Å². The average molecular weight is 298 g/mol. The Morgan fingerprint density at radius 3 is 2.95 bits per heavy atom. The number of halogens is 2. The van der Waals surface area contributed by atoms with Crippen molar-refractivity contribution in [1.82, 2.24) is 4.90 Å². The van der Waals surface area contributed by atoms with Gasteiger partial charge in [-0.2, -0.15) is 0 Å². The maximum atomic E-state index is 13.7. The summed E-state index contributed by atoms with van der Waals surface area (Å²) in [7, 11) is 0. The van der Waals surface area contributed by atoms with E-state index in [9.17, 15) is 8.78 Å². The van der Waals surface area contributed by atoms with Gasteiger partial charge in [-0.25, -0.2) is 8.78 Å². The fourth-order valence-electron chi connectivity index (χ4n) is 3.11. The van der Waals surface area contributed by atoms with E-state index in [2.05, 4.69) is 4.90 Å². The van der Waals surface area contributed by atoms with Gasteiger partial charge in [0.05, 0.1) is 0 Å². The molecule has 21 heavy (non-hydrogen) atoms. The number of aliphatic hydroxyl groups excluding tert-OH is 1. The van der Waals surface area contributed by atoms with Crippen LogP contribution in [0.4, 0.5) is 8.78 Å². The third-order valence-corrected chi connectivity index (χ3v) is 4.30. The summed E-state index contributed by atoms with van der Waals surface area (Å²) in [6, 6.07) is 4.15. The fraction of sp³-hybridized carbons (Fsp3) is 0.625. The van der Waals surface area contributed by atoms with Crippen LogP contribution < -0.4 is 5.73 Å². The number of benzene rings is 1. The van der Waals surface area contributed by atoms with Gasteiger partial charge >= 0.3 is 0 Å². The normalized spacial score (nSPS) is 20.9. The van der Waals surface area contributed by atoms with Crippen molar-refractivity contribution in [3.63, 3.8) is 0 Å². The third kappa shape index (κ3) is 4.22. The maximum absolute atomic E-state index is 13.7. The molecular formula is C16H24F2N2O. The molecule has 0 radical (unpaired) electrons. The lowest BCUT2D eigenvalue weighted by Gasteiger charge is -2.25. The highest BCUT2D eigenvalue weighted by Crippen LogP contribution is 2.24. The SMILES string of the molecule is NC(CCN1CCCC1CCCO)c1cccc(F)c1F. The highest BCUT2D eigenvalue weighted by Gasteiger charge is 2.24. The number of aliphatic hydroxyl groups is 1. The van der Waals surface area contributed by atoms with Gasteiger partial charge in [0.1, 0.15) is 0 Å². The van der Waals surface area contributed by atoms with Crippen molar-refractivity contribution >= 4 is 0 Å². The van der Waals surface area contributed by atoms with Gasteiger partial charge in [-0.1, -0.05) is 12.1 Å². The van der Waals surface area contributed by atoms with Crippen LogP contribution in [0, 0.1) is 11.6 Å². The summed E-state index contributed by atoms with van der Waals surface area (Å²) in [6.45, 7) is 2.03. The van der Waals surface area contributed by atoms with Crippen molar-refractivity contribution < 1.29 is 13.9 Å². The Balaban J connectivity index is 1.88. The van der Waals surface area contributed by atoms with Crippen molar-refractivity contribution in [2.75, 3.05) is 19.7 Å². The standard InChI is InChI=1S/C16H24F2N2O/c17-14-7-1-6-13(16(14)18)15(19)8-10-20-9-2-4-12(20)5-3-11-21/h1,6-7,12,15,21H,2-5,8-11,19H2. The predicted molar refractivity (Wildman–Crippen MR) is 78.8 cm³/mol. The highest BCUT2D eigenvalue weighted by atomic mass is 19.2. The van der Waals surface area contributed by atoms with Crippen LogP contribution in [-0.2, 0) is 0 Å². The number of nitrogens with two attached hydrogens (primary N) is 1. The summed E-state index contributed by atoms with van der Waals surface area (Å²) in [4.78, 5) is 2.35. The molecule has 0 saturated carbocycles. The minimum atomic E-state index is -0.843. The molecule has 3 N–H and O–H groups in total. The molecule has 0 aromatic heterocycles. The van der Waals surface area contributed by atoms with Crippen LogP contribution in [0.1, 0.15) is 43.7 Å². The topological polar surface area (TPSA) is 49.5 Å². The Morgan fingerprint density at radius 2 is 2.19 bits per heavy atom. The molecule has 0 bridgehead atoms. The van der Waals surface area contributed by atoms with Crippen molar-refractivity contribution in [3.05, 3.63) is 35.4 Å². The molecule has 1 aromatic carbocycles. The summed E-state index contributed by atoms with van der Waals surface area (Å²) >= 11 is 0. The van der Waals surface area contributed by atoms with E-state index >= 15 is 0 Å². The number of likely N-dealkylation sites (tertiary alicyclic amines) is 1. The molecule has 1 aliphatic rings. The summed E-state index contributed by atoms with van der Waals surface area (Å²) in [6.07, 6.45) is 4.70. The largest absolute Gasteiger partial charge is 0.396 e. The third-order valence-electron chi connectivity index (χ3n) is 4.30. The summed E-state index contributed by atoms with van der Waals surface area (Å²) < 4.78 is 26.9. The minimum Gasteiger partial charge on any atom is -0.396 e. The molecular weight excluding hydrogens is 274 g/mol. The highest BCUT2D eigenvalue weighted by molar-refractivity contribution is 5.22. The first-order chi connectivity index (χ1) is 10.1. The van der Waals surface area contributed by atoms with E-state index in [-0.39, 0.29) is 12.2 Å². The van der Waals surface area contributed by atoms with Crippen LogP contribution in [0.25, 0.3) is 0 Å². The lowest BCUT2D eigenvalue weighted by atomic mass is 10.0. The van der Waals surface area contributed by atoms with Gasteiger partial charge in [0, 0.05) is 30.8 Å². The maximum Gasteiger partial charge on any atom is 0.163 e. The monoisotopic (exact) mass is 298 g/mol. The average Bonchev–Trinajstić information content (AvgIpc) is 2.93. The number of nitrogens with zero attached hydrogens (tertiary/aromatic N) is 1. The lowest BCUT2D eigenvalue weighted by molar-refractivity contribution is 0.210. The molecule has 5 heteroatoms. The van der Waals surface area contributed by atoms with Gasteiger partial charge < -0.3 is 15.7 Å². The molecule has 1 fully saturated rings. The molecule has 0 spiro atoms. The van der Waals surface area contributed by atoms with Crippen LogP contribution in [0.5, 0.6) is 0 Å². The van der Waals surface area contributed by atoms with E-state index in [1.165, 1.54) is 6.07 Å². The lowest BCUT2D eigenvalue weighted by Crippen LogP contribution is -2.32. The Hall–Kier alpha value is -1.04. The molecule has 3 nitrogen and oxygen atoms in total. The van der Waals surface area contributed by atoms with Crippen molar-refractivity contribution in [3.8, 4) is 0 Å². The summed E-state index contributed by atoms with van der Waals surface area (Å²) in [5.74, 6) is -1.67. The molecule has 118 valence electrons. The molecule has 2 atom stereocenters. The van der Waals surface area contributed by atoms with Crippen molar-refractivity contribution in [1.29, 1.82) is 0 Å². The molecule has 1 aromatic rings. The fourth-order valence-corrected chi connectivity index (χ4v) is 3.11. The van der Waals surface area contributed by atoms with E-state index in [4.69, 9.17) is 10.8 Å². The summed E-state index contributed by atoms with van der Waals surface area (Å²) in [5.41, 5.74) is 6.27. The van der Waals surface area contributed by atoms with Crippen LogP contribution >= 0.6 is 0 Å². The molecule has 2 unspecified atom stereocenters. The summed E-state index contributed by atoms with van der Waals surface area (Å²) in [5, 5.41) is 8.92. The Bertz CT molecular complexity index is 456. The second-order valence-electron chi connectivity index (χ2n) is 5.74. The second-order valence-corrected chi connectivity index (χ2v) is 5.74.